The number of benzene rings is 8. The molecule has 3 aliphatic rings. The highest BCUT2D eigenvalue weighted by molar-refractivity contribution is 6.90. The van der Waals surface area contributed by atoms with Crippen molar-refractivity contribution in [3.8, 4) is 22.3 Å². The first-order chi connectivity index (χ1) is 29.9. The maximum absolute atomic E-state index is 7.08. The summed E-state index contributed by atoms with van der Waals surface area (Å²) in [5.74, 6) is 0. The zero-order valence-corrected chi connectivity index (χ0v) is 36.4. The fourth-order valence-electron chi connectivity index (χ4n) is 11.9. The predicted molar refractivity (Wildman–Crippen MR) is 262 cm³/mol. The zero-order valence-electron chi connectivity index (χ0n) is 36.4. The van der Waals surface area contributed by atoms with Crippen molar-refractivity contribution in [1.82, 2.24) is 4.48 Å². The molecule has 0 N–H and O–H groups in total. The van der Waals surface area contributed by atoms with Crippen molar-refractivity contribution in [2.45, 2.75) is 64.7 Å². The molecule has 0 fully saturated rings. The lowest BCUT2D eigenvalue weighted by Crippen LogP contribution is -2.57. The molecule has 0 saturated carbocycles. The van der Waals surface area contributed by atoms with Crippen LogP contribution in [-0.2, 0) is 16.2 Å². The Bertz CT molecular complexity index is 3580. The van der Waals surface area contributed by atoms with E-state index in [1.807, 2.05) is 0 Å². The minimum Gasteiger partial charge on any atom is -0.441 e. The van der Waals surface area contributed by atoms with Gasteiger partial charge in [0.1, 0.15) is 5.58 Å². The molecule has 2 aliphatic heterocycles. The Morgan fingerprint density at radius 1 is 0.532 bits per heavy atom. The van der Waals surface area contributed by atoms with Crippen LogP contribution < -0.4 is 15.8 Å². The van der Waals surface area contributed by atoms with E-state index in [1.54, 1.807) is 0 Å². The van der Waals surface area contributed by atoms with Gasteiger partial charge in [0.2, 0.25) is 0 Å². The van der Waals surface area contributed by atoms with E-state index in [2.05, 4.69) is 216 Å². The summed E-state index contributed by atoms with van der Waals surface area (Å²) in [4.78, 5) is 2.64. The van der Waals surface area contributed by atoms with Gasteiger partial charge in [0.25, 0.3) is 0 Å². The lowest BCUT2D eigenvalue weighted by atomic mass is 9.44. The van der Waals surface area contributed by atoms with Crippen molar-refractivity contribution in [3.63, 3.8) is 0 Å². The Hall–Kier alpha value is -6.78. The molecule has 0 amide bonds. The minimum atomic E-state index is -0.235. The van der Waals surface area contributed by atoms with E-state index < -0.39 is 0 Å². The molecule has 4 heterocycles. The van der Waals surface area contributed by atoms with Gasteiger partial charge in [-0.1, -0.05) is 176 Å². The molecule has 3 nitrogen and oxygen atoms in total. The van der Waals surface area contributed by atoms with Crippen LogP contribution in [0.2, 0.25) is 0 Å². The van der Waals surface area contributed by atoms with E-state index in [0.29, 0.717) is 0 Å². The van der Waals surface area contributed by atoms with Gasteiger partial charge < -0.3 is 13.8 Å². The van der Waals surface area contributed by atoms with Gasteiger partial charge in [0, 0.05) is 49.6 Å². The van der Waals surface area contributed by atoms with Crippen molar-refractivity contribution in [2.75, 3.05) is 4.90 Å². The number of fused-ring (bicyclic) bond motifs is 13. The third kappa shape index (κ3) is 4.52. The first-order valence-electron chi connectivity index (χ1n) is 22.2. The molecule has 8 aromatic carbocycles. The number of nitrogens with zero attached hydrogens (tertiary/aromatic N) is 2. The Balaban J connectivity index is 1.24. The van der Waals surface area contributed by atoms with E-state index in [-0.39, 0.29) is 23.1 Å². The molecule has 1 aliphatic carbocycles. The van der Waals surface area contributed by atoms with E-state index in [1.165, 1.54) is 105 Å². The third-order valence-electron chi connectivity index (χ3n) is 15.0. The SMILES string of the molecule is CC(C)(C)c1ccc(N2c3cc4c(cc3B3c5c2cc2ccccc2c5-c2cccc5c6c7ccccc7oc6n3c25)C(C)(C)c2ccccc2C4(C)C)c(-c2ccccc2)c1. The van der Waals surface area contributed by atoms with Crippen LogP contribution in [0.25, 0.3) is 66.0 Å². The summed E-state index contributed by atoms with van der Waals surface area (Å²) in [7, 11) is 0. The number of hydrogen-bond acceptors (Lipinski definition) is 2. The van der Waals surface area contributed by atoms with Gasteiger partial charge in [0.05, 0.1) is 11.1 Å². The summed E-state index contributed by atoms with van der Waals surface area (Å²) in [6.45, 7) is 16.5. The van der Waals surface area contributed by atoms with Gasteiger partial charge >= 0.3 is 6.85 Å². The summed E-state index contributed by atoms with van der Waals surface area (Å²) in [5.41, 5.74) is 20.7. The predicted octanol–water partition coefficient (Wildman–Crippen LogP) is 14.0. The quantitative estimate of drug-likeness (QED) is 0.162. The first kappa shape index (κ1) is 35.9. The van der Waals surface area contributed by atoms with Crippen LogP contribution in [0.15, 0.2) is 162 Å². The fraction of sp³-hybridized carbons (Fsp3) is 0.172. The third-order valence-corrected chi connectivity index (χ3v) is 15.0. The number of aromatic nitrogens is 1. The van der Waals surface area contributed by atoms with Crippen LogP contribution in [0.5, 0.6) is 0 Å². The highest BCUT2D eigenvalue weighted by atomic mass is 16.3. The van der Waals surface area contributed by atoms with Crippen LogP contribution in [0.3, 0.4) is 0 Å². The molecule has 4 heteroatoms. The van der Waals surface area contributed by atoms with Crippen molar-refractivity contribution in [1.29, 1.82) is 0 Å². The molecule has 2 aromatic heterocycles. The second-order valence-electron chi connectivity index (χ2n) is 20.1. The maximum Gasteiger partial charge on any atom is 0.336 e. The van der Waals surface area contributed by atoms with E-state index in [9.17, 15) is 0 Å². The first-order valence-corrected chi connectivity index (χ1v) is 22.2. The topological polar surface area (TPSA) is 21.3 Å². The van der Waals surface area contributed by atoms with Crippen molar-refractivity contribution in [3.05, 3.63) is 186 Å². The standard InChI is InChI=1S/C58H47BN2O/c1-56(2,3)36-28-29-47(41(31-36)34-18-9-8-10-19-34)60-48-33-45-44(57(4,5)42-25-14-15-26-43(42)58(45,6)7)32-46(48)59-53-49(60)30-35-20-11-12-21-37(35)51(53)39-23-17-24-40-52-38-22-13-16-27-50(38)62-55(52)61(59)54(39)40/h8-33H,1-7H3. The lowest BCUT2D eigenvalue weighted by molar-refractivity contribution is 0.521. The highest BCUT2D eigenvalue weighted by Crippen LogP contribution is 2.55. The summed E-state index contributed by atoms with van der Waals surface area (Å²) in [6.07, 6.45) is 0. The van der Waals surface area contributed by atoms with Crippen LogP contribution in [0, 0.1) is 0 Å². The minimum absolute atomic E-state index is 0.0292. The molecule has 0 spiro atoms. The Morgan fingerprint density at radius 3 is 1.95 bits per heavy atom. The Kier molecular flexibility index (Phi) is 6.94. The highest BCUT2D eigenvalue weighted by Gasteiger charge is 2.48. The second-order valence-corrected chi connectivity index (χ2v) is 20.1. The largest absolute Gasteiger partial charge is 0.441 e. The second kappa shape index (κ2) is 12.0. The molecule has 62 heavy (non-hydrogen) atoms. The Morgan fingerprint density at radius 2 is 1.19 bits per heavy atom. The summed E-state index contributed by atoms with van der Waals surface area (Å²) >= 11 is 0. The lowest BCUT2D eigenvalue weighted by Gasteiger charge is -2.47. The normalized spacial score (nSPS) is 15.5. The van der Waals surface area contributed by atoms with Crippen molar-refractivity contribution in [2.24, 2.45) is 0 Å². The number of rotatable bonds is 2. The molecule has 0 bridgehead atoms. The number of hydrogen-bond donors (Lipinski definition) is 0. The van der Waals surface area contributed by atoms with Crippen LogP contribution in [0.4, 0.5) is 17.1 Å². The molecular formula is C58H47BN2O. The molecule has 0 saturated heterocycles. The smallest absolute Gasteiger partial charge is 0.336 e. The van der Waals surface area contributed by atoms with Gasteiger partial charge in [0.15, 0.2) is 5.71 Å². The van der Waals surface area contributed by atoms with E-state index in [4.69, 9.17) is 4.42 Å². The molecule has 0 atom stereocenters. The van der Waals surface area contributed by atoms with Gasteiger partial charge in [-0.2, -0.15) is 0 Å². The molecule has 0 radical (unpaired) electrons. The van der Waals surface area contributed by atoms with E-state index in [0.717, 1.165) is 16.7 Å². The Labute approximate surface area is 363 Å². The summed E-state index contributed by atoms with van der Waals surface area (Å²) < 4.78 is 9.66. The number of para-hydroxylation sites is 2. The molecule has 0 unspecified atom stereocenters. The van der Waals surface area contributed by atoms with Gasteiger partial charge in [-0.3, -0.25) is 0 Å². The maximum atomic E-state index is 7.08. The molecular weight excluding hydrogens is 751 g/mol. The number of furan rings is 1. The summed E-state index contributed by atoms with van der Waals surface area (Å²) in [5, 5.41) is 6.11. The van der Waals surface area contributed by atoms with Crippen molar-refractivity contribution < 1.29 is 4.42 Å². The monoisotopic (exact) mass is 798 g/mol. The number of anilines is 3. The van der Waals surface area contributed by atoms with Gasteiger partial charge in [-0.25, -0.2) is 0 Å². The van der Waals surface area contributed by atoms with Crippen LogP contribution >= 0.6 is 0 Å². The molecule has 13 rings (SSSR count). The molecule has 10 aromatic rings. The zero-order chi connectivity index (χ0) is 42.0. The fourth-order valence-corrected chi connectivity index (χ4v) is 11.9. The summed E-state index contributed by atoms with van der Waals surface area (Å²) in [6, 6.07) is 59.6. The van der Waals surface area contributed by atoms with Crippen LogP contribution in [0.1, 0.15) is 76.3 Å². The molecule has 298 valence electrons. The van der Waals surface area contributed by atoms with Crippen LogP contribution in [-0.4, -0.2) is 11.3 Å². The van der Waals surface area contributed by atoms with E-state index >= 15 is 0 Å². The average molecular weight is 799 g/mol. The van der Waals surface area contributed by atoms with Crippen molar-refractivity contribution >= 4 is 78.6 Å². The average Bonchev–Trinajstić information content (AvgIpc) is 3.82. The van der Waals surface area contributed by atoms with Gasteiger partial charge in [-0.15, -0.1) is 0 Å². The van der Waals surface area contributed by atoms with Gasteiger partial charge in [-0.05, 0) is 96.4 Å².